The predicted molar refractivity (Wildman–Crippen MR) is 92.1 cm³/mol. The van der Waals surface area contributed by atoms with Gasteiger partial charge in [0.05, 0.1) is 6.42 Å². The summed E-state index contributed by atoms with van der Waals surface area (Å²) in [6.45, 7) is 3.04. The van der Waals surface area contributed by atoms with E-state index in [2.05, 4.69) is 0 Å². The number of benzene rings is 1. The lowest BCUT2D eigenvalue weighted by Crippen LogP contribution is -2.35. The maximum absolute atomic E-state index is 12.6. The molecule has 2 fully saturated rings. The largest absolute Gasteiger partial charge is 0.445 e. The molecule has 2 heterocycles. The van der Waals surface area contributed by atoms with Crippen LogP contribution in [0.4, 0.5) is 0 Å². The second-order valence-corrected chi connectivity index (χ2v) is 6.90. The third-order valence-electron chi connectivity index (χ3n) is 4.14. The molecular formula is C19H19NO9. The van der Waals surface area contributed by atoms with Gasteiger partial charge in [0.15, 0.2) is 6.10 Å². The summed E-state index contributed by atoms with van der Waals surface area (Å²) in [5.41, 5.74) is 0.264. The Morgan fingerprint density at radius 2 is 1.76 bits per heavy atom. The van der Waals surface area contributed by atoms with E-state index in [1.807, 2.05) is 0 Å². The highest BCUT2D eigenvalue weighted by Gasteiger charge is 2.43. The summed E-state index contributed by atoms with van der Waals surface area (Å²) in [6, 6.07) is 7.92. The number of rotatable bonds is 6. The Labute approximate surface area is 165 Å². The number of carbonyl (C=O) groups excluding carboxylic acids is 5. The molecule has 10 nitrogen and oxygen atoms in total. The molecule has 0 saturated carbocycles. The number of hydroxylamine groups is 2. The molecule has 154 valence electrons. The monoisotopic (exact) mass is 405 g/mol. The van der Waals surface area contributed by atoms with Crippen molar-refractivity contribution in [2.45, 2.75) is 51.1 Å². The SMILES string of the molecule is CC1(C)OC(=O)[C@H](CC(=O)OC(C(=O)ON2C(=O)CCC2=O)c2ccccc2)O1. The summed E-state index contributed by atoms with van der Waals surface area (Å²) in [6.07, 6.45) is -3.35. The highest BCUT2D eigenvalue weighted by atomic mass is 16.8. The Balaban J connectivity index is 1.71. The fraction of sp³-hybridized carbons (Fsp3) is 0.421. The van der Waals surface area contributed by atoms with Crippen LogP contribution in [0.15, 0.2) is 30.3 Å². The Hall–Kier alpha value is -3.27. The first-order valence-electron chi connectivity index (χ1n) is 8.89. The van der Waals surface area contributed by atoms with Crippen molar-refractivity contribution in [2.24, 2.45) is 0 Å². The first-order valence-corrected chi connectivity index (χ1v) is 8.89. The van der Waals surface area contributed by atoms with Gasteiger partial charge in [-0.05, 0) is 0 Å². The van der Waals surface area contributed by atoms with E-state index in [1.54, 1.807) is 18.2 Å². The standard InChI is InChI=1S/C19H19NO9/c1-19(2)27-12(17(24)28-19)10-15(23)26-16(11-6-4-3-5-7-11)18(25)29-20-13(21)8-9-14(20)22/h3-7,12,16H,8-10H2,1-2H3/t12-,16?/m0/s1. The number of imide groups is 1. The minimum absolute atomic E-state index is 0.0706. The van der Waals surface area contributed by atoms with Gasteiger partial charge < -0.3 is 19.0 Å². The van der Waals surface area contributed by atoms with Gasteiger partial charge in [0.1, 0.15) is 0 Å². The summed E-state index contributed by atoms with van der Waals surface area (Å²) in [5.74, 6) is -5.26. The molecule has 2 aliphatic heterocycles. The molecule has 0 aliphatic carbocycles. The molecule has 1 unspecified atom stereocenters. The van der Waals surface area contributed by atoms with Crippen molar-refractivity contribution in [2.75, 3.05) is 0 Å². The molecule has 2 atom stereocenters. The zero-order valence-electron chi connectivity index (χ0n) is 15.8. The molecule has 2 aliphatic rings. The molecule has 2 saturated heterocycles. The lowest BCUT2D eigenvalue weighted by molar-refractivity contribution is -0.206. The van der Waals surface area contributed by atoms with Gasteiger partial charge in [-0.2, -0.15) is 0 Å². The van der Waals surface area contributed by atoms with E-state index in [0.717, 1.165) is 0 Å². The van der Waals surface area contributed by atoms with Gasteiger partial charge in [-0.25, -0.2) is 9.59 Å². The van der Waals surface area contributed by atoms with Crippen molar-refractivity contribution in [1.29, 1.82) is 0 Å². The molecule has 0 radical (unpaired) electrons. The van der Waals surface area contributed by atoms with E-state index < -0.39 is 54.1 Å². The van der Waals surface area contributed by atoms with Gasteiger partial charge in [-0.1, -0.05) is 30.3 Å². The summed E-state index contributed by atoms with van der Waals surface area (Å²) in [4.78, 5) is 64.9. The number of amides is 2. The van der Waals surface area contributed by atoms with Crippen LogP contribution in [0.2, 0.25) is 0 Å². The lowest BCUT2D eigenvalue weighted by atomic mass is 10.1. The van der Waals surface area contributed by atoms with Gasteiger partial charge in [0.2, 0.25) is 11.9 Å². The van der Waals surface area contributed by atoms with Crippen LogP contribution in [0.3, 0.4) is 0 Å². The minimum Gasteiger partial charge on any atom is -0.445 e. The number of esters is 2. The number of hydrogen-bond acceptors (Lipinski definition) is 9. The minimum atomic E-state index is -1.55. The molecule has 0 spiro atoms. The van der Waals surface area contributed by atoms with Crippen molar-refractivity contribution in [1.82, 2.24) is 5.06 Å². The maximum Gasteiger partial charge on any atom is 0.378 e. The van der Waals surface area contributed by atoms with Crippen molar-refractivity contribution >= 4 is 29.7 Å². The molecule has 10 heteroatoms. The molecule has 0 N–H and O–H groups in total. The van der Waals surface area contributed by atoms with Crippen molar-refractivity contribution in [3.63, 3.8) is 0 Å². The van der Waals surface area contributed by atoms with Gasteiger partial charge in [0, 0.05) is 32.3 Å². The van der Waals surface area contributed by atoms with Gasteiger partial charge in [0.25, 0.3) is 11.8 Å². The topological polar surface area (TPSA) is 126 Å². The first-order chi connectivity index (χ1) is 13.7. The number of ether oxygens (including phenoxy) is 3. The van der Waals surface area contributed by atoms with Crippen LogP contribution in [-0.2, 0) is 43.0 Å². The van der Waals surface area contributed by atoms with E-state index in [-0.39, 0.29) is 18.4 Å². The average molecular weight is 405 g/mol. The van der Waals surface area contributed by atoms with E-state index in [4.69, 9.17) is 19.0 Å². The van der Waals surface area contributed by atoms with Crippen LogP contribution in [0.5, 0.6) is 0 Å². The van der Waals surface area contributed by atoms with Crippen LogP contribution < -0.4 is 0 Å². The zero-order valence-corrected chi connectivity index (χ0v) is 15.8. The van der Waals surface area contributed by atoms with Crippen molar-refractivity contribution in [3.05, 3.63) is 35.9 Å². The Kier molecular flexibility index (Phi) is 5.64. The second-order valence-electron chi connectivity index (χ2n) is 6.90. The number of cyclic esters (lactones) is 1. The van der Waals surface area contributed by atoms with E-state index in [1.165, 1.54) is 26.0 Å². The second kappa shape index (κ2) is 8.00. The summed E-state index contributed by atoms with van der Waals surface area (Å²) < 4.78 is 15.5. The molecule has 1 aromatic carbocycles. The van der Waals surface area contributed by atoms with Crippen LogP contribution in [0.25, 0.3) is 0 Å². The molecule has 0 aromatic heterocycles. The third-order valence-corrected chi connectivity index (χ3v) is 4.14. The molecular weight excluding hydrogens is 386 g/mol. The van der Waals surface area contributed by atoms with Crippen LogP contribution >= 0.6 is 0 Å². The van der Waals surface area contributed by atoms with Gasteiger partial charge >= 0.3 is 17.9 Å². The average Bonchev–Trinajstić information content (AvgIpc) is 3.11. The molecule has 2 amide bonds. The summed E-state index contributed by atoms with van der Waals surface area (Å²) in [5, 5.41) is 0.367. The van der Waals surface area contributed by atoms with E-state index in [0.29, 0.717) is 5.06 Å². The van der Waals surface area contributed by atoms with Crippen molar-refractivity contribution < 1.29 is 43.0 Å². The number of carbonyl (C=O) groups is 5. The molecule has 3 rings (SSSR count). The van der Waals surface area contributed by atoms with E-state index >= 15 is 0 Å². The quantitative estimate of drug-likeness (QED) is 0.502. The summed E-state index contributed by atoms with van der Waals surface area (Å²) >= 11 is 0. The van der Waals surface area contributed by atoms with Gasteiger partial charge in [-0.3, -0.25) is 14.4 Å². The van der Waals surface area contributed by atoms with E-state index in [9.17, 15) is 24.0 Å². The third kappa shape index (κ3) is 4.77. The number of nitrogens with zero attached hydrogens (tertiary/aromatic N) is 1. The summed E-state index contributed by atoms with van der Waals surface area (Å²) in [7, 11) is 0. The zero-order chi connectivity index (χ0) is 21.2. The molecule has 0 bridgehead atoms. The van der Waals surface area contributed by atoms with Crippen LogP contribution in [0, 0.1) is 0 Å². The maximum atomic E-state index is 12.6. The van der Waals surface area contributed by atoms with Crippen LogP contribution in [-0.4, -0.2) is 46.7 Å². The predicted octanol–water partition coefficient (Wildman–Crippen LogP) is 0.946. The van der Waals surface area contributed by atoms with Gasteiger partial charge in [-0.15, -0.1) is 5.06 Å². The normalized spacial score (nSPS) is 21.7. The smallest absolute Gasteiger partial charge is 0.378 e. The van der Waals surface area contributed by atoms with Crippen molar-refractivity contribution in [3.8, 4) is 0 Å². The Morgan fingerprint density at radius 3 is 2.31 bits per heavy atom. The molecule has 29 heavy (non-hydrogen) atoms. The highest BCUT2D eigenvalue weighted by Crippen LogP contribution is 2.27. The number of hydrogen-bond donors (Lipinski definition) is 0. The molecule has 1 aromatic rings. The fourth-order valence-electron chi connectivity index (χ4n) is 2.85. The Morgan fingerprint density at radius 1 is 1.14 bits per heavy atom. The fourth-order valence-corrected chi connectivity index (χ4v) is 2.85. The lowest BCUT2D eigenvalue weighted by Gasteiger charge is -2.20. The first kappa shape index (κ1) is 20.5. The highest BCUT2D eigenvalue weighted by molar-refractivity contribution is 6.01. The van der Waals surface area contributed by atoms with Crippen LogP contribution in [0.1, 0.15) is 44.8 Å². The Bertz CT molecular complexity index is 832.